The van der Waals surface area contributed by atoms with E-state index in [0.717, 1.165) is 10.0 Å². The average molecular weight is 249 g/mol. The summed E-state index contributed by atoms with van der Waals surface area (Å²) in [4.78, 5) is 2.06. The zero-order valence-electron chi connectivity index (χ0n) is 7.14. The van der Waals surface area contributed by atoms with Gasteiger partial charge in [-0.2, -0.15) is 0 Å². The molecule has 1 rings (SSSR count). The monoisotopic (exact) mass is 247 g/mol. The van der Waals surface area contributed by atoms with Crippen molar-refractivity contribution < 1.29 is 0 Å². The number of hydrogen-bond acceptors (Lipinski definition) is 1. The number of anilines is 1. The van der Waals surface area contributed by atoms with Crippen molar-refractivity contribution in [1.82, 2.24) is 0 Å². The van der Waals surface area contributed by atoms with E-state index in [1.54, 1.807) is 0 Å². The molecule has 0 unspecified atom stereocenters. The molecule has 0 aliphatic carbocycles. The fraction of sp³-hybridized carbons (Fsp3) is 0.333. The first-order chi connectivity index (χ1) is 5.65. The molecule has 0 bridgehead atoms. The molecule has 0 N–H and O–H groups in total. The van der Waals surface area contributed by atoms with Gasteiger partial charge >= 0.3 is 0 Å². The lowest BCUT2D eigenvalue weighted by Gasteiger charge is -2.16. The summed E-state index contributed by atoms with van der Waals surface area (Å²) in [6, 6.07) is 6.12. The maximum Gasteiger partial charge on any atom is 0.0494 e. The van der Waals surface area contributed by atoms with Crippen LogP contribution in [-0.2, 0) is 5.88 Å². The van der Waals surface area contributed by atoms with Crippen LogP contribution < -0.4 is 4.90 Å². The van der Waals surface area contributed by atoms with Crippen LogP contribution in [0.25, 0.3) is 0 Å². The fourth-order valence-electron chi connectivity index (χ4n) is 1.10. The molecule has 1 aromatic rings. The second-order valence-corrected chi connectivity index (χ2v) is 3.98. The predicted octanol–water partition coefficient (Wildman–Crippen LogP) is 3.25. The standard InChI is InChI=1S/C9H11BrClN/c1-12(2)9-4-3-8(10)5-7(9)6-11/h3-5H,6H2,1-2H3. The van der Waals surface area contributed by atoms with Gasteiger partial charge in [0.15, 0.2) is 0 Å². The average Bonchev–Trinajstić information content (AvgIpc) is 2.03. The van der Waals surface area contributed by atoms with Crippen LogP contribution in [0, 0.1) is 0 Å². The van der Waals surface area contributed by atoms with Crippen molar-refractivity contribution in [3.05, 3.63) is 28.2 Å². The molecule has 12 heavy (non-hydrogen) atoms. The van der Waals surface area contributed by atoms with Crippen LogP contribution in [0.2, 0.25) is 0 Å². The molecule has 0 radical (unpaired) electrons. The molecule has 0 heterocycles. The van der Waals surface area contributed by atoms with Gasteiger partial charge in [-0.1, -0.05) is 15.9 Å². The van der Waals surface area contributed by atoms with E-state index >= 15 is 0 Å². The molecular weight excluding hydrogens is 237 g/mol. The minimum absolute atomic E-state index is 0.549. The quantitative estimate of drug-likeness (QED) is 0.726. The van der Waals surface area contributed by atoms with E-state index in [1.807, 2.05) is 26.2 Å². The van der Waals surface area contributed by atoms with Gasteiger partial charge in [0, 0.05) is 30.1 Å². The first kappa shape index (κ1) is 9.87. The van der Waals surface area contributed by atoms with Gasteiger partial charge in [-0.05, 0) is 23.8 Å². The molecule has 0 aliphatic heterocycles. The Labute approximate surface area is 86.5 Å². The van der Waals surface area contributed by atoms with E-state index in [1.165, 1.54) is 5.69 Å². The topological polar surface area (TPSA) is 3.24 Å². The first-order valence-electron chi connectivity index (χ1n) is 3.67. The Hall–Kier alpha value is -0.210. The molecular formula is C9H11BrClN. The van der Waals surface area contributed by atoms with Gasteiger partial charge in [-0.25, -0.2) is 0 Å². The third-order valence-electron chi connectivity index (χ3n) is 1.67. The lowest BCUT2D eigenvalue weighted by atomic mass is 10.2. The van der Waals surface area contributed by atoms with E-state index in [4.69, 9.17) is 11.6 Å². The van der Waals surface area contributed by atoms with Crippen LogP contribution in [0.3, 0.4) is 0 Å². The minimum Gasteiger partial charge on any atom is -0.377 e. The Morgan fingerprint density at radius 3 is 2.58 bits per heavy atom. The second-order valence-electron chi connectivity index (χ2n) is 2.80. The summed E-state index contributed by atoms with van der Waals surface area (Å²) in [5, 5.41) is 0. The van der Waals surface area contributed by atoms with Gasteiger partial charge in [-0.3, -0.25) is 0 Å². The number of benzene rings is 1. The fourth-order valence-corrected chi connectivity index (χ4v) is 1.72. The normalized spacial score (nSPS) is 10.0. The summed E-state index contributed by atoms with van der Waals surface area (Å²) in [5.74, 6) is 0.549. The van der Waals surface area contributed by atoms with Crippen LogP contribution in [0.15, 0.2) is 22.7 Å². The maximum atomic E-state index is 5.80. The van der Waals surface area contributed by atoms with E-state index < -0.39 is 0 Å². The highest BCUT2D eigenvalue weighted by Gasteiger charge is 2.02. The van der Waals surface area contributed by atoms with E-state index in [-0.39, 0.29) is 0 Å². The van der Waals surface area contributed by atoms with Crippen molar-refractivity contribution in [3.8, 4) is 0 Å². The van der Waals surface area contributed by atoms with E-state index in [0.29, 0.717) is 5.88 Å². The third kappa shape index (κ3) is 2.14. The second kappa shape index (κ2) is 4.15. The van der Waals surface area contributed by atoms with E-state index in [2.05, 4.69) is 26.9 Å². The number of alkyl halides is 1. The Morgan fingerprint density at radius 1 is 1.42 bits per heavy atom. The SMILES string of the molecule is CN(C)c1ccc(Br)cc1CCl. The summed E-state index contributed by atoms with van der Waals surface area (Å²) in [6.45, 7) is 0. The lowest BCUT2D eigenvalue weighted by molar-refractivity contribution is 1.11. The van der Waals surface area contributed by atoms with Gasteiger partial charge in [-0.15, -0.1) is 11.6 Å². The van der Waals surface area contributed by atoms with Crippen molar-refractivity contribution >= 4 is 33.2 Å². The summed E-state index contributed by atoms with van der Waals surface area (Å²) < 4.78 is 1.07. The van der Waals surface area contributed by atoms with E-state index in [9.17, 15) is 0 Å². The van der Waals surface area contributed by atoms with Crippen molar-refractivity contribution in [2.24, 2.45) is 0 Å². The van der Waals surface area contributed by atoms with Crippen LogP contribution >= 0.6 is 27.5 Å². The molecule has 0 fully saturated rings. The molecule has 0 aromatic heterocycles. The highest BCUT2D eigenvalue weighted by molar-refractivity contribution is 9.10. The first-order valence-corrected chi connectivity index (χ1v) is 4.99. The zero-order chi connectivity index (χ0) is 9.14. The molecule has 0 amide bonds. The maximum absolute atomic E-state index is 5.80. The van der Waals surface area contributed by atoms with Crippen LogP contribution in [0.4, 0.5) is 5.69 Å². The van der Waals surface area contributed by atoms with Gasteiger partial charge in [0.05, 0.1) is 0 Å². The molecule has 66 valence electrons. The Balaban J connectivity index is 3.11. The molecule has 0 atom stereocenters. The van der Waals surface area contributed by atoms with Crippen molar-refractivity contribution in [3.63, 3.8) is 0 Å². The van der Waals surface area contributed by atoms with Gasteiger partial charge in [0.2, 0.25) is 0 Å². The number of rotatable bonds is 2. The Bertz CT molecular complexity index is 273. The molecule has 0 aliphatic rings. The molecule has 0 saturated carbocycles. The summed E-state index contributed by atoms with van der Waals surface area (Å²) >= 11 is 9.21. The Morgan fingerprint density at radius 2 is 2.08 bits per heavy atom. The Kier molecular flexibility index (Phi) is 3.41. The predicted molar refractivity (Wildman–Crippen MR) is 58.0 cm³/mol. The lowest BCUT2D eigenvalue weighted by Crippen LogP contribution is -2.10. The molecule has 1 aromatic carbocycles. The van der Waals surface area contributed by atoms with Gasteiger partial charge < -0.3 is 4.90 Å². The van der Waals surface area contributed by atoms with Gasteiger partial charge in [0.25, 0.3) is 0 Å². The molecule has 3 heteroatoms. The summed E-state index contributed by atoms with van der Waals surface area (Å²) in [6.07, 6.45) is 0. The molecule has 0 saturated heterocycles. The smallest absolute Gasteiger partial charge is 0.0494 e. The van der Waals surface area contributed by atoms with Crippen molar-refractivity contribution in [1.29, 1.82) is 0 Å². The van der Waals surface area contributed by atoms with Crippen LogP contribution in [0.1, 0.15) is 5.56 Å². The minimum atomic E-state index is 0.549. The molecule has 1 nitrogen and oxygen atoms in total. The van der Waals surface area contributed by atoms with Crippen LogP contribution in [-0.4, -0.2) is 14.1 Å². The van der Waals surface area contributed by atoms with Crippen molar-refractivity contribution in [2.45, 2.75) is 5.88 Å². The summed E-state index contributed by atoms with van der Waals surface area (Å²) in [7, 11) is 4.03. The largest absolute Gasteiger partial charge is 0.377 e. The van der Waals surface area contributed by atoms with Gasteiger partial charge in [0.1, 0.15) is 0 Å². The molecule has 0 spiro atoms. The third-order valence-corrected chi connectivity index (χ3v) is 2.45. The number of nitrogens with zero attached hydrogens (tertiary/aromatic N) is 1. The highest BCUT2D eigenvalue weighted by Crippen LogP contribution is 2.24. The van der Waals surface area contributed by atoms with Crippen molar-refractivity contribution in [2.75, 3.05) is 19.0 Å². The number of hydrogen-bond donors (Lipinski definition) is 0. The van der Waals surface area contributed by atoms with Crippen LogP contribution in [0.5, 0.6) is 0 Å². The zero-order valence-corrected chi connectivity index (χ0v) is 9.48. The summed E-state index contributed by atoms with van der Waals surface area (Å²) in [5.41, 5.74) is 2.32. The number of halogens is 2. The highest BCUT2D eigenvalue weighted by atomic mass is 79.9.